The smallest absolute Gasteiger partial charge is 0.301 e. The zero-order valence-corrected chi connectivity index (χ0v) is 6.44. The maximum Gasteiger partial charge on any atom is 0.395 e. The number of rotatable bonds is 1. The van der Waals surface area contributed by atoms with Crippen molar-refractivity contribution in [2.45, 2.75) is 31.6 Å². The van der Waals surface area contributed by atoms with Gasteiger partial charge in [0.05, 0.1) is 0 Å². The maximum absolute atomic E-state index is 12.7. The van der Waals surface area contributed by atoms with Crippen LogP contribution in [0.1, 0.15) is 13.8 Å². The molecule has 0 aromatic carbocycles. The first-order chi connectivity index (χ1) is 5.22. The van der Waals surface area contributed by atoms with Crippen LogP contribution in [0, 0.1) is 0 Å². The Balaban J connectivity index is 2.99. The summed E-state index contributed by atoms with van der Waals surface area (Å²) in [7, 11) is 0. The van der Waals surface area contributed by atoms with E-state index in [1.165, 1.54) is 0 Å². The lowest BCUT2D eigenvalue weighted by Crippen LogP contribution is -2.43. The van der Waals surface area contributed by atoms with Crippen LogP contribution in [0.4, 0.5) is 13.2 Å². The van der Waals surface area contributed by atoms with E-state index in [4.69, 9.17) is 0 Å². The van der Waals surface area contributed by atoms with Crippen LogP contribution in [0.3, 0.4) is 0 Å². The first kappa shape index (κ1) is 9.47. The molecule has 1 aliphatic heterocycles. The van der Waals surface area contributed by atoms with Gasteiger partial charge >= 0.3 is 12.1 Å². The molecule has 2 unspecified atom stereocenters. The minimum atomic E-state index is -3.93. The SMILES string of the molecule is CC1(F)OC(F)(F)C(C)(C=O)O1. The second kappa shape index (κ2) is 2.20. The molecule has 0 saturated carbocycles. The zero-order valence-electron chi connectivity index (χ0n) is 6.44. The van der Waals surface area contributed by atoms with Gasteiger partial charge in [0, 0.05) is 6.92 Å². The third-order valence-electron chi connectivity index (χ3n) is 1.51. The largest absolute Gasteiger partial charge is 0.395 e. The second-order valence-corrected chi connectivity index (χ2v) is 2.78. The van der Waals surface area contributed by atoms with Crippen LogP contribution < -0.4 is 0 Å². The minimum Gasteiger partial charge on any atom is -0.301 e. The van der Waals surface area contributed by atoms with Crippen molar-refractivity contribution < 1.29 is 27.4 Å². The molecule has 1 saturated heterocycles. The Kier molecular flexibility index (Phi) is 1.73. The quantitative estimate of drug-likeness (QED) is 0.575. The molecule has 1 rings (SSSR count). The number of ether oxygens (including phenoxy) is 2. The Labute approximate surface area is 66.4 Å². The van der Waals surface area contributed by atoms with Crippen LogP contribution in [0.2, 0.25) is 0 Å². The van der Waals surface area contributed by atoms with Crippen LogP contribution in [-0.4, -0.2) is 24.0 Å². The van der Waals surface area contributed by atoms with Gasteiger partial charge in [0.15, 0.2) is 6.29 Å². The van der Waals surface area contributed by atoms with Crippen molar-refractivity contribution in [2.24, 2.45) is 0 Å². The van der Waals surface area contributed by atoms with E-state index >= 15 is 0 Å². The van der Waals surface area contributed by atoms with Crippen molar-refractivity contribution in [1.29, 1.82) is 0 Å². The highest BCUT2D eigenvalue weighted by molar-refractivity contribution is 5.63. The number of carbonyl (C=O) groups is 1. The molecule has 70 valence electrons. The lowest BCUT2D eigenvalue weighted by Gasteiger charge is -2.19. The molecule has 1 aliphatic rings. The standard InChI is InChI=1S/C6H7F3O3/c1-4(3-10)6(8,9)12-5(2,7)11-4/h3H,1-2H3. The first-order valence-corrected chi connectivity index (χ1v) is 3.16. The van der Waals surface area contributed by atoms with Gasteiger partial charge in [-0.1, -0.05) is 0 Å². The summed E-state index contributed by atoms with van der Waals surface area (Å²) in [6.07, 6.45) is -4.11. The molecule has 0 radical (unpaired) electrons. The Morgan fingerprint density at radius 3 is 1.83 bits per heavy atom. The highest BCUT2D eigenvalue weighted by atomic mass is 19.3. The highest BCUT2D eigenvalue weighted by Crippen LogP contribution is 2.45. The summed E-state index contributed by atoms with van der Waals surface area (Å²) >= 11 is 0. The molecule has 0 aromatic rings. The second-order valence-electron chi connectivity index (χ2n) is 2.78. The van der Waals surface area contributed by atoms with Gasteiger partial charge in [0.2, 0.25) is 5.60 Å². The summed E-state index contributed by atoms with van der Waals surface area (Å²) in [4.78, 5) is 10.2. The van der Waals surface area contributed by atoms with E-state index in [0.717, 1.165) is 6.92 Å². The number of carbonyl (C=O) groups excluding carboxylic acids is 1. The maximum atomic E-state index is 12.7. The first-order valence-electron chi connectivity index (χ1n) is 3.16. The molecule has 0 amide bonds. The molecule has 12 heavy (non-hydrogen) atoms. The predicted molar refractivity (Wildman–Crippen MR) is 31.1 cm³/mol. The summed E-state index contributed by atoms with van der Waals surface area (Å²) in [5.41, 5.74) is -2.55. The van der Waals surface area contributed by atoms with Gasteiger partial charge in [-0.3, -0.25) is 9.53 Å². The zero-order chi connectivity index (χ0) is 9.62. The van der Waals surface area contributed by atoms with E-state index in [-0.39, 0.29) is 6.29 Å². The number of hydrogen-bond donors (Lipinski definition) is 0. The molecular formula is C6H7F3O3. The average Bonchev–Trinajstić information content (AvgIpc) is 1.98. The van der Waals surface area contributed by atoms with Gasteiger partial charge in [-0.25, -0.2) is 0 Å². The predicted octanol–water partition coefficient (Wildman–Crippen LogP) is 1.23. The van der Waals surface area contributed by atoms with Gasteiger partial charge in [0.25, 0.3) is 0 Å². The van der Waals surface area contributed by atoms with Crippen molar-refractivity contribution in [1.82, 2.24) is 0 Å². The van der Waals surface area contributed by atoms with Crippen molar-refractivity contribution in [3.63, 3.8) is 0 Å². The van der Waals surface area contributed by atoms with Gasteiger partial charge < -0.3 is 4.74 Å². The molecule has 0 N–H and O–H groups in total. The summed E-state index contributed by atoms with van der Waals surface area (Å²) in [5, 5.41) is 0. The van der Waals surface area contributed by atoms with E-state index in [9.17, 15) is 18.0 Å². The molecule has 3 nitrogen and oxygen atoms in total. The number of alkyl halides is 3. The third-order valence-corrected chi connectivity index (χ3v) is 1.51. The molecule has 1 heterocycles. The van der Waals surface area contributed by atoms with E-state index in [0.29, 0.717) is 6.92 Å². The fourth-order valence-electron chi connectivity index (χ4n) is 0.882. The lowest BCUT2D eigenvalue weighted by atomic mass is 10.1. The third kappa shape index (κ3) is 1.21. The van der Waals surface area contributed by atoms with Crippen molar-refractivity contribution >= 4 is 6.29 Å². The summed E-state index contributed by atoms with van der Waals surface area (Å²) in [6, 6.07) is -2.92. The average molecular weight is 184 g/mol. The van der Waals surface area contributed by atoms with Crippen molar-refractivity contribution in [3.8, 4) is 0 Å². The molecule has 0 aliphatic carbocycles. The number of halogens is 3. The fraction of sp³-hybridized carbons (Fsp3) is 0.833. The molecule has 0 aromatic heterocycles. The molecule has 0 bridgehead atoms. The van der Waals surface area contributed by atoms with E-state index in [2.05, 4.69) is 9.47 Å². The van der Waals surface area contributed by atoms with Crippen molar-refractivity contribution in [2.75, 3.05) is 0 Å². The molecule has 0 spiro atoms. The molecule has 2 atom stereocenters. The van der Waals surface area contributed by atoms with Gasteiger partial charge in [-0.2, -0.15) is 13.2 Å². The molecule has 1 fully saturated rings. The van der Waals surface area contributed by atoms with Crippen LogP contribution >= 0.6 is 0 Å². The fourth-order valence-corrected chi connectivity index (χ4v) is 0.882. The van der Waals surface area contributed by atoms with E-state index in [1.54, 1.807) is 0 Å². The normalized spacial score (nSPS) is 46.1. The summed E-state index contributed by atoms with van der Waals surface area (Å²) < 4.78 is 45.7. The van der Waals surface area contributed by atoms with Crippen LogP contribution in [-0.2, 0) is 14.3 Å². The van der Waals surface area contributed by atoms with Gasteiger partial charge in [0.1, 0.15) is 0 Å². The Morgan fingerprint density at radius 2 is 1.67 bits per heavy atom. The van der Waals surface area contributed by atoms with Gasteiger partial charge in [-0.05, 0) is 6.92 Å². The van der Waals surface area contributed by atoms with Gasteiger partial charge in [-0.15, -0.1) is 0 Å². The number of hydrogen-bond acceptors (Lipinski definition) is 3. The monoisotopic (exact) mass is 184 g/mol. The Hall–Kier alpha value is -0.620. The summed E-state index contributed by atoms with van der Waals surface area (Å²) in [6.45, 7) is 1.42. The topological polar surface area (TPSA) is 35.5 Å². The lowest BCUT2D eigenvalue weighted by molar-refractivity contribution is -0.312. The van der Waals surface area contributed by atoms with E-state index in [1.807, 2.05) is 0 Å². The van der Waals surface area contributed by atoms with Crippen LogP contribution in [0.25, 0.3) is 0 Å². The number of aldehydes is 1. The Bertz CT molecular complexity index is 216. The molecular weight excluding hydrogens is 177 g/mol. The summed E-state index contributed by atoms with van der Waals surface area (Å²) in [5.74, 6) is 0. The van der Waals surface area contributed by atoms with Crippen LogP contribution in [0.15, 0.2) is 0 Å². The minimum absolute atomic E-state index is 0.183. The molecule has 6 heteroatoms. The van der Waals surface area contributed by atoms with E-state index < -0.39 is 17.8 Å². The Morgan fingerprint density at radius 1 is 1.17 bits per heavy atom. The van der Waals surface area contributed by atoms with Crippen molar-refractivity contribution in [3.05, 3.63) is 0 Å². The van der Waals surface area contributed by atoms with Crippen LogP contribution in [0.5, 0.6) is 0 Å². The highest BCUT2D eigenvalue weighted by Gasteiger charge is 2.66.